The van der Waals surface area contributed by atoms with E-state index >= 15 is 0 Å². The number of fused-ring (bicyclic) bond motifs is 1. The molecule has 0 aromatic heterocycles. The van der Waals surface area contributed by atoms with Crippen molar-refractivity contribution in [1.82, 2.24) is 10.2 Å². The van der Waals surface area contributed by atoms with E-state index in [1.54, 1.807) is 24.3 Å². The number of benzene rings is 2. The van der Waals surface area contributed by atoms with Gasteiger partial charge in [0.15, 0.2) is 0 Å². The Labute approximate surface area is 142 Å². The van der Waals surface area contributed by atoms with Crippen LogP contribution in [0.4, 0.5) is 0 Å². The number of hydrogen-bond acceptors (Lipinski definition) is 2. The Kier molecular flexibility index (Phi) is 4.65. The summed E-state index contributed by atoms with van der Waals surface area (Å²) in [6.07, 6.45) is 0.870. The van der Waals surface area contributed by atoms with Crippen LogP contribution in [0.15, 0.2) is 48.5 Å². The van der Waals surface area contributed by atoms with Crippen molar-refractivity contribution < 1.29 is 9.59 Å². The minimum Gasteiger partial charge on any atom is -0.350 e. The zero-order valence-electron chi connectivity index (χ0n) is 14.1. The van der Waals surface area contributed by atoms with Gasteiger partial charge >= 0.3 is 0 Å². The minimum absolute atomic E-state index is 0.0244. The van der Waals surface area contributed by atoms with Crippen LogP contribution in [0.3, 0.4) is 0 Å². The molecule has 1 aliphatic heterocycles. The van der Waals surface area contributed by atoms with Crippen molar-refractivity contribution in [2.75, 3.05) is 6.54 Å². The average molecular weight is 322 g/mol. The first kappa shape index (κ1) is 16.2. The molecule has 0 unspecified atom stereocenters. The van der Waals surface area contributed by atoms with Gasteiger partial charge in [0.1, 0.15) is 0 Å². The Balaban J connectivity index is 1.77. The molecule has 1 heterocycles. The first-order chi connectivity index (χ1) is 11.5. The van der Waals surface area contributed by atoms with Crippen molar-refractivity contribution in [3.8, 4) is 0 Å². The number of carbonyl (C=O) groups excluding carboxylic acids is 2. The highest BCUT2D eigenvalue weighted by Gasteiger charge is 2.22. The molecule has 0 radical (unpaired) electrons. The normalized spacial score (nSPS) is 13.5. The van der Waals surface area contributed by atoms with Crippen LogP contribution in [-0.2, 0) is 13.0 Å². The zero-order chi connectivity index (χ0) is 17.1. The van der Waals surface area contributed by atoms with Crippen molar-refractivity contribution >= 4 is 11.8 Å². The molecule has 2 aromatic carbocycles. The van der Waals surface area contributed by atoms with Crippen molar-refractivity contribution in [2.24, 2.45) is 0 Å². The van der Waals surface area contributed by atoms with E-state index in [-0.39, 0.29) is 17.9 Å². The minimum atomic E-state index is -0.149. The molecule has 1 N–H and O–H groups in total. The van der Waals surface area contributed by atoms with E-state index in [0.717, 1.165) is 6.42 Å². The third kappa shape index (κ3) is 3.48. The molecule has 0 aliphatic carbocycles. The number of amides is 2. The van der Waals surface area contributed by atoms with Gasteiger partial charge in [-0.05, 0) is 49.6 Å². The summed E-state index contributed by atoms with van der Waals surface area (Å²) in [5, 5.41) is 2.85. The van der Waals surface area contributed by atoms with Gasteiger partial charge in [-0.1, -0.05) is 30.3 Å². The highest BCUT2D eigenvalue weighted by molar-refractivity contribution is 5.99. The molecule has 24 heavy (non-hydrogen) atoms. The Bertz CT molecular complexity index is 768. The van der Waals surface area contributed by atoms with Crippen LogP contribution >= 0.6 is 0 Å². The third-order valence-corrected chi connectivity index (χ3v) is 4.21. The van der Waals surface area contributed by atoms with Gasteiger partial charge in [0.05, 0.1) is 0 Å². The van der Waals surface area contributed by atoms with E-state index in [2.05, 4.69) is 17.4 Å². The van der Waals surface area contributed by atoms with Gasteiger partial charge in [-0.2, -0.15) is 0 Å². The summed E-state index contributed by atoms with van der Waals surface area (Å²) in [5.74, 6) is -0.174. The van der Waals surface area contributed by atoms with E-state index in [9.17, 15) is 9.59 Å². The van der Waals surface area contributed by atoms with E-state index < -0.39 is 0 Å². The lowest BCUT2D eigenvalue weighted by Gasteiger charge is -2.29. The summed E-state index contributed by atoms with van der Waals surface area (Å²) in [5.41, 5.74) is 3.59. The molecule has 4 nitrogen and oxygen atoms in total. The molecule has 0 saturated carbocycles. The second kappa shape index (κ2) is 6.87. The summed E-state index contributed by atoms with van der Waals surface area (Å²) < 4.78 is 0. The number of hydrogen-bond donors (Lipinski definition) is 1. The molecular formula is C20H22N2O2. The maximum absolute atomic E-state index is 12.8. The van der Waals surface area contributed by atoms with Gasteiger partial charge in [0.2, 0.25) is 0 Å². The topological polar surface area (TPSA) is 49.4 Å². The van der Waals surface area contributed by atoms with Gasteiger partial charge in [-0.15, -0.1) is 0 Å². The largest absolute Gasteiger partial charge is 0.350 e. The van der Waals surface area contributed by atoms with Crippen molar-refractivity contribution in [3.05, 3.63) is 70.8 Å². The molecular weight excluding hydrogens is 300 g/mol. The lowest BCUT2D eigenvalue weighted by Crippen LogP contribution is -2.36. The zero-order valence-corrected chi connectivity index (χ0v) is 14.1. The van der Waals surface area contributed by atoms with Gasteiger partial charge in [-0.3, -0.25) is 9.59 Å². The van der Waals surface area contributed by atoms with Gasteiger partial charge in [-0.25, -0.2) is 0 Å². The predicted octanol–water partition coefficient (Wildman–Crippen LogP) is 3.02. The lowest BCUT2D eigenvalue weighted by atomic mass is 9.99. The second-order valence-electron chi connectivity index (χ2n) is 6.45. The number of nitrogens with zero attached hydrogens (tertiary/aromatic N) is 1. The van der Waals surface area contributed by atoms with E-state index in [1.165, 1.54) is 11.1 Å². The average Bonchev–Trinajstić information content (AvgIpc) is 2.60. The van der Waals surface area contributed by atoms with E-state index in [4.69, 9.17) is 0 Å². The van der Waals surface area contributed by atoms with Crippen LogP contribution in [0.2, 0.25) is 0 Å². The standard InChI is InChI=1S/C20H22N2O2/c1-14(2)21-19(23)16-8-5-9-17(12-16)20(24)22-11-10-15-6-3-4-7-18(15)13-22/h3-9,12,14H,10-11,13H2,1-2H3,(H,21,23). The summed E-state index contributed by atoms with van der Waals surface area (Å²) >= 11 is 0. The van der Waals surface area contributed by atoms with Crippen molar-refractivity contribution in [2.45, 2.75) is 32.9 Å². The number of rotatable bonds is 3. The van der Waals surface area contributed by atoms with Gasteiger partial charge in [0, 0.05) is 30.3 Å². The molecule has 0 fully saturated rings. The number of carbonyl (C=O) groups is 2. The van der Waals surface area contributed by atoms with Crippen molar-refractivity contribution in [1.29, 1.82) is 0 Å². The summed E-state index contributed by atoms with van der Waals surface area (Å²) in [6, 6.07) is 15.2. The Morgan fingerprint density at radius 1 is 1.00 bits per heavy atom. The Morgan fingerprint density at radius 2 is 1.71 bits per heavy atom. The molecule has 0 bridgehead atoms. The molecule has 0 spiro atoms. The number of nitrogens with one attached hydrogen (secondary N) is 1. The fourth-order valence-electron chi connectivity index (χ4n) is 2.99. The van der Waals surface area contributed by atoms with Crippen LogP contribution in [0.1, 0.15) is 45.7 Å². The predicted molar refractivity (Wildman–Crippen MR) is 93.9 cm³/mol. The first-order valence-electron chi connectivity index (χ1n) is 8.31. The molecule has 2 amide bonds. The highest BCUT2D eigenvalue weighted by atomic mass is 16.2. The SMILES string of the molecule is CC(C)NC(=O)c1cccc(C(=O)N2CCc3ccccc3C2)c1. The van der Waals surface area contributed by atoms with Crippen LogP contribution in [0, 0.1) is 0 Å². The summed E-state index contributed by atoms with van der Waals surface area (Å²) in [4.78, 5) is 26.8. The van der Waals surface area contributed by atoms with E-state index in [1.807, 2.05) is 30.9 Å². The molecule has 0 atom stereocenters. The molecule has 1 aliphatic rings. The van der Waals surface area contributed by atoms with Crippen LogP contribution in [0.25, 0.3) is 0 Å². The molecule has 2 aromatic rings. The van der Waals surface area contributed by atoms with Gasteiger partial charge < -0.3 is 10.2 Å². The lowest BCUT2D eigenvalue weighted by molar-refractivity contribution is 0.0734. The summed E-state index contributed by atoms with van der Waals surface area (Å²) in [6.45, 7) is 5.16. The van der Waals surface area contributed by atoms with Crippen LogP contribution in [0.5, 0.6) is 0 Å². The van der Waals surface area contributed by atoms with E-state index in [0.29, 0.717) is 24.2 Å². The fraction of sp³-hybridized carbons (Fsp3) is 0.300. The van der Waals surface area contributed by atoms with Crippen LogP contribution < -0.4 is 5.32 Å². The highest BCUT2D eigenvalue weighted by Crippen LogP contribution is 2.20. The summed E-state index contributed by atoms with van der Waals surface area (Å²) in [7, 11) is 0. The first-order valence-corrected chi connectivity index (χ1v) is 8.31. The molecule has 124 valence electrons. The molecule has 4 heteroatoms. The molecule has 3 rings (SSSR count). The maximum Gasteiger partial charge on any atom is 0.254 e. The maximum atomic E-state index is 12.8. The third-order valence-electron chi connectivity index (χ3n) is 4.21. The second-order valence-corrected chi connectivity index (χ2v) is 6.45. The monoisotopic (exact) mass is 322 g/mol. The Hall–Kier alpha value is -2.62. The van der Waals surface area contributed by atoms with Crippen molar-refractivity contribution in [3.63, 3.8) is 0 Å². The quantitative estimate of drug-likeness (QED) is 0.944. The fourth-order valence-corrected chi connectivity index (χ4v) is 2.99. The van der Waals surface area contributed by atoms with Gasteiger partial charge in [0.25, 0.3) is 11.8 Å². The smallest absolute Gasteiger partial charge is 0.254 e. The molecule has 0 saturated heterocycles. The van der Waals surface area contributed by atoms with Crippen LogP contribution in [-0.4, -0.2) is 29.3 Å². The Morgan fingerprint density at radius 3 is 2.46 bits per heavy atom.